The van der Waals surface area contributed by atoms with Crippen LogP contribution in [0.3, 0.4) is 0 Å². The van der Waals surface area contributed by atoms with Crippen molar-refractivity contribution in [2.45, 2.75) is 6.92 Å². The zero-order valence-electron chi connectivity index (χ0n) is 14.8. The van der Waals surface area contributed by atoms with E-state index in [2.05, 4.69) is 30.3 Å². The minimum atomic E-state index is -0.630. The second kappa shape index (κ2) is 6.61. The molecule has 0 fully saturated rings. The summed E-state index contributed by atoms with van der Waals surface area (Å²) in [7, 11) is 0. The van der Waals surface area contributed by atoms with E-state index in [1.54, 1.807) is 6.92 Å². The molecule has 0 heterocycles. The maximum absolute atomic E-state index is 11.8. The summed E-state index contributed by atoms with van der Waals surface area (Å²) in [4.78, 5) is 11.8. The fourth-order valence-electron chi connectivity index (χ4n) is 3.33. The van der Waals surface area contributed by atoms with Crippen molar-refractivity contribution in [2.24, 2.45) is 0 Å². The first kappa shape index (κ1) is 16.9. The highest BCUT2D eigenvalue weighted by molar-refractivity contribution is 5.88. The largest absolute Gasteiger partial charge is 0.504 e. The molecule has 0 aliphatic heterocycles. The van der Waals surface area contributed by atoms with Crippen molar-refractivity contribution in [3.63, 3.8) is 0 Å². The Morgan fingerprint density at radius 2 is 1.37 bits per heavy atom. The fourth-order valence-corrected chi connectivity index (χ4v) is 3.33. The van der Waals surface area contributed by atoms with E-state index in [4.69, 9.17) is 0 Å². The van der Waals surface area contributed by atoms with E-state index >= 15 is 0 Å². The Morgan fingerprint density at radius 1 is 0.667 bits per heavy atom. The van der Waals surface area contributed by atoms with E-state index in [0.717, 1.165) is 16.7 Å². The molecule has 27 heavy (non-hydrogen) atoms. The third-order valence-corrected chi connectivity index (χ3v) is 4.79. The second-order valence-electron chi connectivity index (χ2n) is 6.63. The highest BCUT2D eigenvalue weighted by Gasteiger charge is 2.10. The molecule has 4 aromatic carbocycles. The molecule has 0 bridgehead atoms. The lowest BCUT2D eigenvalue weighted by Crippen LogP contribution is -1.94. The van der Waals surface area contributed by atoms with Gasteiger partial charge in [-0.2, -0.15) is 0 Å². The van der Waals surface area contributed by atoms with Crippen molar-refractivity contribution in [2.75, 3.05) is 0 Å². The quantitative estimate of drug-likeness (QED) is 0.517. The highest BCUT2D eigenvalue weighted by Crippen LogP contribution is 2.32. The molecule has 0 aromatic heterocycles. The van der Waals surface area contributed by atoms with E-state index in [0.29, 0.717) is 11.1 Å². The van der Waals surface area contributed by atoms with Gasteiger partial charge in [-0.25, -0.2) is 0 Å². The van der Waals surface area contributed by atoms with Crippen molar-refractivity contribution in [1.82, 2.24) is 0 Å². The smallest absolute Gasteiger partial charge is 0.224 e. The minimum Gasteiger partial charge on any atom is -0.504 e. The Bertz CT molecular complexity index is 1230. The summed E-state index contributed by atoms with van der Waals surface area (Å²) in [6, 6.07) is 25.2. The lowest BCUT2D eigenvalue weighted by Gasteiger charge is -2.08. The van der Waals surface area contributed by atoms with Gasteiger partial charge >= 0.3 is 0 Å². The van der Waals surface area contributed by atoms with Crippen LogP contribution in [-0.4, -0.2) is 10.2 Å². The van der Waals surface area contributed by atoms with E-state index in [1.165, 1.54) is 22.9 Å². The normalized spacial score (nSPS) is 10.9. The van der Waals surface area contributed by atoms with Crippen molar-refractivity contribution in [3.8, 4) is 33.8 Å². The monoisotopic (exact) mass is 354 g/mol. The van der Waals surface area contributed by atoms with Crippen LogP contribution in [0.15, 0.2) is 83.7 Å². The zero-order valence-corrected chi connectivity index (χ0v) is 14.8. The maximum Gasteiger partial charge on any atom is 0.224 e. The Balaban J connectivity index is 1.87. The van der Waals surface area contributed by atoms with Crippen molar-refractivity contribution in [3.05, 3.63) is 94.6 Å². The highest BCUT2D eigenvalue weighted by atomic mass is 16.3. The summed E-state index contributed by atoms with van der Waals surface area (Å²) < 4.78 is 0. The Morgan fingerprint density at radius 3 is 2.19 bits per heavy atom. The van der Waals surface area contributed by atoms with Crippen LogP contribution in [0.2, 0.25) is 0 Å². The van der Waals surface area contributed by atoms with Crippen LogP contribution in [0.4, 0.5) is 0 Å². The summed E-state index contributed by atoms with van der Waals surface area (Å²) >= 11 is 0. The van der Waals surface area contributed by atoms with Gasteiger partial charge in [-0.15, -0.1) is 0 Å². The summed E-state index contributed by atoms with van der Waals surface area (Å²) in [5, 5.41) is 22.1. The van der Waals surface area contributed by atoms with E-state index in [9.17, 15) is 15.0 Å². The summed E-state index contributed by atoms with van der Waals surface area (Å²) in [5.74, 6) is -1.05. The summed E-state index contributed by atoms with van der Waals surface area (Å²) in [6.07, 6.45) is 0. The van der Waals surface area contributed by atoms with Crippen LogP contribution in [-0.2, 0) is 0 Å². The lowest BCUT2D eigenvalue weighted by molar-refractivity contribution is 0.402. The molecule has 0 radical (unpaired) electrons. The maximum atomic E-state index is 11.8. The van der Waals surface area contributed by atoms with Crippen molar-refractivity contribution >= 4 is 10.8 Å². The zero-order chi connectivity index (χ0) is 19.0. The second-order valence-corrected chi connectivity index (χ2v) is 6.63. The average Bonchev–Trinajstić information content (AvgIpc) is 2.79. The van der Waals surface area contributed by atoms with Gasteiger partial charge in [0.05, 0.1) is 0 Å². The molecule has 0 saturated carbocycles. The standard InChI is InChI=1S/C24H18O3/c1-15-11-22(25)24(27)23(26)14-21(15)20-8-4-7-18(13-20)19-10-9-16-5-2-3-6-17(16)12-19/h2-14H,1H3,(H2,25,26,27). The van der Waals surface area contributed by atoms with E-state index < -0.39 is 16.9 Å². The van der Waals surface area contributed by atoms with Gasteiger partial charge in [-0.05, 0) is 69.8 Å². The van der Waals surface area contributed by atoms with Gasteiger partial charge < -0.3 is 10.2 Å². The molecular weight excluding hydrogens is 336 g/mol. The molecule has 132 valence electrons. The lowest BCUT2D eigenvalue weighted by atomic mass is 9.96. The number of hydrogen-bond acceptors (Lipinski definition) is 3. The fraction of sp³-hybridized carbons (Fsp3) is 0.0417. The number of benzene rings is 3. The molecule has 0 saturated heterocycles. The number of hydrogen-bond donors (Lipinski definition) is 2. The van der Waals surface area contributed by atoms with Crippen LogP contribution in [0.1, 0.15) is 5.56 Å². The molecule has 0 spiro atoms. The summed E-state index contributed by atoms with van der Waals surface area (Å²) in [6.45, 7) is 1.79. The molecule has 0 aliphatic carbocycles. The SMILES string of the molecule is Cc1cc(=O)c(O)c(O)cc1-c1cccc(-c2ccc3ccccc3c2)c1. The molecule has 0 atom stereocenters. The number of fused-ring (bicyclic) bond motifs is 1. The Hall–Kier alpha value is -3.59. The molecule has 2 N–H and O–H groups in total. The molecule has 3 heteroatoms. The molecule has 0 amide bonds. The van der Waals surface area contributed by atoms with Crippen molar-refractivity contribution < 1.29 is 10.2 Å². The van der Waals surface area contributed by atoms with Gasteiger partial charge in [0, 0.05) is 0 Å². The van der Waals surface area contributed by atoms with Crippen LogP contribution in [0, 0.1) is 6.92 Å². The van der Waals surface area contributed by atoms with Gasteiger partial charge in [0.1, 0.15) is 0 Å². The minimum absolute atomic E-state index is 0.417. The Kier molecular flexibility index (Phi) is 4.13. The third-order valence-electron chi connectivity index (χ3n) is 4.79. The molecule has 0 aliphatic rings. The van der Waals surface area contributed by atoms with Crippen LogP contribution in [0.25, 0.3) is 33.0 Å². The van der Waals surface area contributed by atoms with Gasteiger partial charge in [-0.3, -0.25) is 4.79 Å². The molecular formula is C24H18O3. The third kappa shape index (κ3) is 3.15. The van der Waals surface area contributed by atoms with E-state index in [1.807, 2.05) is 36.4 Å². The van der Waals surface area contributed by atoms with Crippen LogP contribution < -0.4 is 5.43 Å². The van der Waals surface area contributed by atoms with Crippen LogP contribution >= 0.6 is 0 Å². The summed E-state index contributed by atoms with van der Waals surface area (Å²) in [5.41, 5.74) is 3.78. The topological polar surface area (TPSA) is 57.5 Å². The van der Waals surface area contributed by atoms with Gasteiger partial charge in [-0.1, -0.05) is 54.6 Å². The molecule has 3 nitrogen and oxygen atoms in total. The first-order valence-electron chi connectivity index (χ1n) is 8.69. The van der Waals surface area contributed by atoms with E-state index in [-0.39, 0.29) is 0 Å². The van der Waals surface area contributed by atoms with Gasteiger partial charge in [0.2, 0.25) is 11.2 Å². The molecule has 0 unspecified atom stereocenters. The first-order chi connectivity index (χ1) is 13.0. The molecule has 4 aromatic rings. The molecule has 4 rings (SSSR count). The average molecular weight is 354 g/mol. The van der Waals surface area contributed by atoms with Gasteiger partial charge in [0.25, 0.3) is 0 Å². The predicted molar refractivity (Wildman–Crippen MR) is 109 cm³/mol. The Labute approximate surface area is 156 Å². The number of rotatable bonds is 2. The number of aromatic hydroxyl groups is 2. The van der Waals surface area contributed by atoms with Crippen LogP contribution in [0.5, 0.6) is 11.5 Å². The van der Waals surface area contributed by atoms with Gasteiger partial charge in [0.15, 0.2) is 5.75 Å². The first-order valence-corrected chi connectivity index (χ1v) is 8.69. The number of aryl methyl sites for hydroxylation is 1. The predicted octanol–water partition coefficient (Wildman–Crippen LogP) is 5.25. The van der Waals surface area contributed by atoms with Crippen molar-refractivity contribution in [1.29, 1.82) is 0 Å².